The smallest absolute Gasteiger partial charge is 0.119 e. The third-order valence-electron chi connectivity index (χ3n) is 3.57. The minimum Gasteiger partial charge on any atom is -0.508 e. The summed E-state index contributed by atoms with van der Waals surface area (Å²) in [4.78, 5) is 0. The van der Waals surface area contributed by atoms with Crippen molar-refractivity contribution in [3.8, 4) is 17.6 Å². The Hall–Kier alpha value is -1.73. The van der Waals surface area contributed by atoms with Crippen LogP contribution in [0.2, 0.25) is 0 Å². The number of rotatable bonds is 3. The number of nitriles is 1. The van der Waals surface area contributed by atoms with E-state index in [9.17, 15) is 10.2 Å². The fourth-order valence-corrected chi connectivity index (χ4v) is 2.60. The Morgan fingerprint density at radius 1 is 1.28 bits per heavy atom. The molecule has 18 heavy (non-hydrogen) atoms. The third-order valence-corrected chi connectivity index (χ3v) is 3.57. The van der Waals surface area contributed by atoms with Crippen LogP contribution in [-0.2, 0) is 0 Å². The second-order valence-corrected chi connectivity index (χ2v) is 4.94. The van der Waals surface area contributed by atoms with Crippen LogP contribution in [0.25, 0.3) is 0 Å². The Bertz CT molecular complexity index is 447. The zero-order valence-electron chi connectivity index (χ0n) is 10.4. The van der Waals surface area contributed by atoms with Crippen molar-refractivity contribution < 1.29 is 10.2 Å². The van der Waals surface area contributed by atoms with Crippen LogP contribution in [0.3, 0.4) is 0 Å². The lowest BCUT2D eigenvalue weighted by Gasteiger charge is -2.22. The number of hydrogen-bond donors (Lipinski definition) is 3. The van der Waals surface area contributed by atoms with E-state index in [2.05, 4.69) is 11.4 Å². The molecule has 1 aliphatic carbocycles. The average molecular weight is 246 g/mol. The Balaban J connectivity index is 2.07. The van der Waals surface area contributed by atoms with Crippen LogP contribution < -0.4 is 5.32 Å². The van der Waals surface area contributed by atoms with Gasteiger partial charge in [0.05, 0.1) is 12.0 Å². The van der Waals surface area contributed by atoms with Crippen LogP contribution in [0.15, 0.2) is 18.2 Å². The number of benzene rings is 1. The van der Waals surface area contributed by atoms with Gasteiger partial charge in [0, 0.05) is 18.2 Å². The van der Waals surface area contributed by atoms with Crippen molar-refractivity contribution >= 4 is 0 Å². The predicted molar refractivity (Wildman–Crippen MR) is 68.1 cm³/mol. The molecule has 0 heterocycles. The van der Waals surface area contributed by atoms with Crippen molar-refractivity contribution in [3.63, 3.8) is 0 Å². The molecule has 1 saturated carbocycles. The van der Waals surface area contributed by atoms with Gasteiger partial charge < -0.3 is 15.5 Å². The van der Waals surface area contributed by atoms with E-state index in [1.165, 1.54) is 6.07 Å². The van der Waals surface area contributed by atoms with Crippen LogP contribution in [0, 0.1) is 17.2 Å². The Morgan fingerprint density at radius 3 is 2.56 bits per heavy atom. The van der Waals surface area contributed by atoms with Gasteiger partial charge in [-0.25, -0.2) is 0 Å². The predicted octanol–water partition coefficient (Wildman–Crippen LogP) is 2.44. The van der Waals surface area contributed by atoms with Crippen molar-refractivity contribution in [2.24, 2.45) is 5.92 Å². The standard InChI is InChI=1S/C14H18N2O2/c1-9(11-5-12(17)7-13(18)6-11)16-14-4-2-3-10(14)8-15/h5-7,9-10,14,16-18H,2-4H2,1H3. The summed E-state index contributed by atoms with van der Waals surface area (Å²) in [7, 11) is 0. The molecule has 3 N–H and O–H groups in total. The van der Waals surface area contributed by atoms with Gasteiger partial charge in [0.15, 0.2) is 0 Å². The molecule has 0 radical (unpaired) electrons. The van der Waals surface area contributed by atoms with E-state index < -0.39 is 0 Å². The highest BCUT2D eigenvalue weighted by Crippen LogP contribution is 2.29. The number of phenolic OH excluding ortho intramolecular Hbond substituents is 2. The van der Waals surface area contributed by atoms with Crippen molar-refractivity contribution in [1.29, 1.82) is 5.26 Å². The highest BCUT2D eigenvalue weighted by molar-refractivity contribution is 5.38. The van der Waals surface area contributed by atoms with Gasteiger partial charge >= 0.3 is 0 Å². The molecule has 4 heteroatoms. The molecule has 1 fully saturated rings. The highest BCUT2D eigenvalue weighted by atomic mass is 16.3. The van der Waals surface area contributed by atoms with E-state index >= 15 is 0 Å². The van der Waals surface area contributed by atoms with Gasteiger partial charge in [-0.1, -0.05) is 6.42 Å². The molecule has 0 aromatic heterocycles. The number of nitrogens with one attached hydrogen (secondary N) is 1. The zero-order chi connectivity index (χ0) is 13.1. The number of aromatic hydroxyl groups is 2. The van der Waals surface area contributed by atoms with E-state index in [4.69, 9.17) is 5.26 Å². The minimum atomic E-state index is 0.00181. The molecule has 0 saturated heterocycles. The first-order valence-corrected chi connectivity index (χ1v) is 6.28. The lowest BCUT2D eigenvalue weighted by atomic mass is 10.0. The molecule has 2 rings (SSSR count). The SMILES string of the molecule is CC(NC1CCCC1C#N)c1cc(O)cc(O)c1. The number of hydrogen-bond acceptors (Lipinski definition) is 4. The zero-order valence-corrected chi connectivity index (χ0v) is 10.4. The van der Waals surface area contributed by atoms with Crippen molar-refractivity contribution in [2.75, 3.05) is 0 Å². The molecule has 3 unspecified atom stereocenters. The van der Waals surface area contributed by atoms with Gasteiger partial charge in [-0.15, -0.1) is 0 Å². The molecule has 1 aromatic carbocycles. The molecule has 4 nitrogen and oxygen atoms in total. The van der Waals surface area contributed by atoms with E-state index in [0.29, 0.717) is 0 Å². The van der Waals surface area contributed by atoms with Gasteiger partial charge in [0.25, 0.3) is 0 Å². The quantitative estimate of drug-likeness (QED) is 0.765. The maximum Gasteiger partial charge on any atom is 0.119 e. The second-order valence-electron chi connectivity index (χ2n) is 4.94. The van der Waals surface area contributed by atoms with Crippen molar-refractivity contribution in [2.45, 2.75) is 38.3 Å². The largest absolute Gasteiger partial charge is 0.508 e. The summed E-state index contributed by atoms with van der Waals surface area (Å²) in [6.07, 6.45) is 3.04. The Kier molecular flexibility index (Phi) is 3.73. The monoisotopic (exact) mass is 246 g/mol. The summed E-state index contributed by atoms with van der Waals surface area (Å²) in [5.74, 6) is 0.183. The molecule has 0 bridgehead atoms. The first-order valence-electron chi connectivity index (χ1n) is 6.28. The molecule has 1 aromatic rings. The fraction of sp³-hybridized carbons (Fsp3) is 0.500. The first kappa shape index (κ1) is 12.7. The van der Waals surface area contributed by atoms with Gasteiger partial charge in [-0.05, 0) is 37.5 Å². The number of phenols is 2. The minimum absolute atomic E-state index is 0.00181. The third kappa shape index (κ3) is 2.74. The van der Waals surface area contributed by atoms with Crippen LogP contribution in [0.4, 0.5) is 0 Å². The topological polar surface area (TPSA) is 76.3 Å². The second kappa shape index (κ2) is 5.28. The molecular weight excluding hydrogens is 228 g/mol. The summed E-state index contributed by atoms with van der Waals surface area (Å²) in [5, 5.41) is 31.4. The summed E-state index contributed by atoms with van der Waals surface area (Å²) < 4.78 is 0. The van der Waals surface area contributed by atoms with Crippen LogP contribution in [-0.4, -0.2) is 16.3 Å². The summed E-state index contributed by atoms with van der Waals surface area (Å²) in [5.41, 5.74) is 0.830. The van der Waals surface area contributed by atoms with Crippen LogP contribution in [0.1, 0.15) is 37.8 Å². The fourth-order valence-electron chi connectivity index (χ4n) is 2.60. The van der Waals surface area contributed by atoms with E-state index in [0.717, 1.165) is 24.8 Å². The maximum atomic E-state index is 9.46. The molecule has 1 aliphatic rings. The Labute approximate surface area is 107 Å². The number of nitrogens with zero attached hydrogens (tertiary/aromatic N) is 1. The average Bonchev–Trinajstić information content (AvgIpc) is 2.75. The van der Waals surface area contributed by atoms with Gasteiger partial charge in [-0.2, -0.15) is 5.26 Å². The Morgan fingerprint density at radius 2 is 1.94 bits per heavy atom. The first-order chi connectivity index (χ1) is 8.60. The van der Waals surface area contributed by atoms with Crippen molar-refractivity contribution in [3.05, 3.63) is 23.8 Å². The molecule has 96 valence electrons. The maximum absolute atomic E-state index is 9.46. The van der Waals surface area contributed by atoms with E-state index in [-0.39, 0.29) is 29.5 Å². The van der Waals surface area contributed by atoms with Crippen LogP contribution in [0.5, 0.6) is 11.5 Å². The summed E-state index contributed by atoms with van der Waals surface area (Å²) >= 11 is 0. The van der Waals surface area contributed by atoms with E-state index in [1.807, 2.05) is 6.92 Å². The van der Waals surface area contributed by atoms with Gasteiger partial charge in [-0.3, -0.25) is 0 Å². The van der Waals surface area contributed by atoms with Crippen LogP contribution >= 0.6 is 0 Å². The molecule has 0 amide bonds. The lowest BCUT2D eigenvalue weighted by Crippen LogP contribution is -2.33. The molecular formula is C14H18N2O2. The highest BCUT2D eigenvalue weighted by Gasteiger charge is 2.28. The lowest BCUT2D eigenvalue weighted by molar-refractivity contribution is 0.411. The van der Waals surface area contributed by atoms with Gasteiger partial charge in [0.2, 0.25) is 0 Å². The van der Waals surface area contributed by atoms with Gasteiger partial charge in [0.1, 0.15) is 11.5 Å². The molecule has 0 spiro atoms. The van der Waals surface area contributed by atoms with Crippen molar-refractivity contribution in [1.82, 2.24) is 5.32 Å². The molecule has 0 aliphatic heterocycles. The normalized spacial score (nSPS) is 24.7. The molecule has 3 atom stereocenters. The summed E-state index contributed by atoms with van der Waals surface area (Å²) in [6.45, 7) is 1.97. The summed E-state index contributed by atoms with van der Waals surface area (Å²) in [6, 6.07) is 7.11. The van der Waals surface area contributed by atoms with E-state index in [1.54, 1.807) is 12.1 Å².